The first-order valence-corrected chi connectivity index (χ1v) is 13.1. The van der Waals surface area contributed by atoms with Gasteiger partial charge in [0.05, 0.1) is 0 Å². The van der Waals surface area contributed by atoms with Crippen molar-refractivity contribution in [2.24, 2.45) is 10.4 Å². The Hall–Kier alpha value is -1.37. The van der Waals surface area contributed by atoms with E-state index in [1.165, 1.54) is 45.0 Å². The molecule has 0 aromatic heterocycles. The van der Waals surface area contributed by atoms with Crippen LogP contribution in [0.1, 0.15) is 78.9 Å². The number of nitrogens with zero attached hydrogens (tertiary/aromatic N) is 1. The summed E-state index contributed by atoms with van der Waals surface area (Å²) in [5.41, 5.74) is 5.74. The van der Waals surface area contributed by atoms with Crippen molar-refractivity contribution < 1.29 is 0 Å². The van der Waals surface area contributed by atoms with Crippen LogP contribution in [0, 0.1) is 5.41 Å². The van der Waals surface area contributed by atoms with Crippen molar-refractivity contribution in [1.82, 2.24) is 0 Å². The molecule has 2 aromatic rings. The Balaban J connectivity index is 2.16. The Labute approximate surface area is 184 Å². The SMILES string of the molecule is CCCC[Se]C(=NC(C)(C)CC(C)(C)C)C1(C)c2ccccc2-c2ccccc21. The predicted octanol–water partition coefficient (Wildman–Crippen LogP) is 7.51. The first-order valence-electron chi connectivity index (χ1n) is 11.0. The molecule has 156 valence electrons. The van der Waals surface area contributed by atoms with E-state index in [9.17, 15) is 0 Å². The van der Waals surface area contributed by atoms with E-state index in [2.05, 4.69) is 97.0 Å². The van der Waals surface area contributed by atoms with Crippen LogP contribution >= 0.6 is 0 Å². The molecule has 0 heterocycles. The molecule has 1 aliphatic carbocycles. The van der Waals surface area contributed by atoms with Gasteiger partial charge in [0.2, 0.25) is 0 Å². The second kappa shape index (κ2) is 8.40. The van der Waals surface area contributed by atoms with Crippen LogP contribution in [0.2, 0.25) is 5.32 Å². The van der Waals surface area contributed by atoms with Gasteiger partial charge in [0.1, 0.15) is 0 Å². The van der Waals surface area contributed by atoms with E-state index in [4.69, 9.17) is 4.99 Å². The second-order valence-electron chi connectivity index (χ2n) is 10.4. The molecule has 0 radical (unpaired) electrons. The maximum atomic E-state index is 5.56. The van der Waals surface area contributed by atoms with E-state index >= 15 is 0 Å². The molecule has 1 aliphatic rings. The molecule has 0 N–H and O–H groups in total. The van der Waals surface area contributed by atoms with Crippen molar-refractivity contribution >= 4 is 19.6 Å². The van der Waals surface area contributed by atoms with E-state index in [1.807, 2.05) is 0 Å². The summed E-state index contributed by atoms with van der Waals surface area (Å²) in [6.45, 7) is 16.3. The number of unbranched alkanes of at least 4 members (excludes halogenated alkanes) is 1. The summed E-state index contributed by atoms with van der Waals surface area (Å²) < 4.78 is 1.42. The summed E-state index contributed by atoms with van der Waals surface area (Å²) in [4.78, 5) is 5.56. The van der Waals surface area contributed by atoms with Crippen molar-refractivity contribution in [3.63, 3.8) is 0 Å². The van der Waals surface area contributed by atoms with E-state index in [1.54, 1.807) is 0 Å². The van der Waals surface area contributed by atoms with E-state index in [-0.39, 0.29) is 16.4 Å². The Morgan fingerprint density at radius 2 is 1.41 bits per heavy atom. The van der Waals surface area contributed by atoms with Crippen molar-refractivity contribution in [3.8, 4) is 11.1 Å². The van der Waals surface area contributed by atoms with Crippen LogP contribution in [-0.2, 0) is 5.41 Å². The Bertz CT molecular complexity index is 840. The quantitative estimate of drug-likeness (QED) is 0.233. The van der Waals surface area contributed by atoms with Gasteiger partial charge in [-0.05, 0) is 0 Å². The first-order chi connectivity index (χ1) is 13.6. The van der Waals surface area contributed by atoms with E-state index in [0.29, 0.717) is 15.0 Å². The maximum absolute atomic E-state index is 5.56. The number of hydrogen-bond donors (Lipinski definition) is 0. The summed E-state index contributed by atoms with van der Waals surface area (Å²) in [5.74, 6) is 0. The third-order valence-electron chi connectivity index (χ3n) is 5.75. The fourth-order valence-electron chi connectivity index (χ4n) is 4.90. The molecule has 0 saturated heterocycles. The average molecular weight is 455 g/mol. The molecule has 0 saturated carbocycles. The third kappa shape index (κ3) is 4.70. The van der Waals surface area contributed by atoms with Crippen LogP contribution in [0.15, 0.2) is 53.5 Å². The fourth-order valence-corrected chi connectivity index (χ4v) is 7.93. The monoisotopic (exact) mass is 455 g/mol. The van der Waals surface area contributed by atoms with Crippen LogP contribution in [-0.4, -0.2) is 25.1 Å². The molecule has 0 unspecified atom stereocenters. The molecular weight excluding hydrogens is 417 g/mol. The molecule has 0 fully saturated rings. The zero-order valence-electron chi connectivity index (χ0n) is 19.3. The number of hydrogen-bond acceptors (Lipinski definition) is 1. The van der Waals surface area contributed by atoms with Crippen LogP contribution in [0.3, 0.4) is 0 Å². The molecule has 0 spiro atoms. The molecular formula is C27H37NSe. The summed E-state index contributed by atoms with van der Waals surface area (Å²) in [6, 6.07) is 18.0. The normalized spacial score (nSPS) is 15.9. The van der Waals surface area contributed by atoms with Gasteiger partial charge in [-0.15, -0.1) is 0 Å². The molecule has 2 aromatic carbocycles. The van der Waals surface area contributed by atoms with Gasteiger partial charge in [-0.25, -0.2) is 0 Å². The van der Waals surface area contributed by atoms with Gasteiger partial charge in [0, 0.05) is 0 Å². The topological polar surface area (TPSA) is 12.4 Å². The van der Waals surface area contributed by atoms with Gasteiger partial charge in [-0.2, -0.15) is 0 Å². The molecule has 0 atom stereocenters. The standard InChI is InChI=1S/C27H37NSe/c1-8-9-18-29-24(28-26(5,6)19-25(2,3)4)27(7)22-16-12-10-14-20(22)21-15-11-13-17-23(21)27/h10-17H,8-9,18-19H2,1-7H3. The van der Waals surface area contributed by atoms with Gasteiger partial charge in [-0.3, -0.25) is 0 Å². The third-order valence-corrected chi connectivity index (χ3v) is 8.41. The van der Waals surface area contributed by atoms with Crippen molar-refractivity contribution in [1.29, 1.82) is 0 Å². The summed E-state index contributed by atoms with van der Waals surface area (Å²) in [7, 11) is 0. The number of aliphatic imine (C=N–C) groups is 1. The molecule has 3 rings (SSSR count). The van der Waals surface area contributed by atoms with Crippen LogP contribution < -0.4 is 0 Å². The van der Waals surface area contributed by atoms with Gasteiger partial charge in [0.15, 0.2) is 0 Å². The second-order valence-corrected chi connectivity index (χ2v) is 12.7. The van der Waals surface area contributed by atoms with Gasteiger partial charge >= 0.3 is 185 Å². The van der Waals surface area contributed by atoms with Crippen molar-refractivity contribution in [3.05, 3.63) is 59.7 Å². The molecule has 0 bridgehead atoms. The van der Waals surface area contributed by atoms with E-state index in [0.717, 1.165) is 6.42 Å². The van der Waals surface area contributed by atoms with Gasteiger partial charge in [0.25, 0.3) is 0 Å². The summed E-state index contributed by atoms with van der Waals surface area (Å²) >= 11 is 0.393. The fraction of sp³-hybridized carbons (Fsp3) is 0.519. The van der Waals surface area contributed by atoms with Gasteiger partial charge in [-0.1, -0.05) is 0 Å². The first kappa shape index (κ1) is 22.3. The Kier molecular flexibility index (Phi) is 6.47. The van der Waals surface area contributed by atoms with Crippen molar-refractivity contribution in [2.45, 2.75) is 84.0 Å². The van der Waals surface area contributed by atoms with Crippen LogP contribution in [0.25, 0.3) is 11.1 Å². The summed E-state index contributed by atoms with van der Waals surface area (Å²) in [5, 5.41) is 1.27. The van der Waals surface area contributed by atoms with Crippen molar-refractivity contribution in [2.75, 3.05) is 0 Å². The molecule has 0 amide bonds. The molecule has 0 aliphatic heterocycles. The zero-order valence-corrected chi connectivity index (χ0v) is 21.0. The molecule has 29 heavy (non-hydrogen) atoms. The van der Waals surface area contributed by atoms with Crippen LogP contribution in [0.4, 0.5) is 0 Å². The zero-order chi connectivity index (χ0) is 21.3. The van der Waals surface area contributed by atoms with Crippen LogP contribution in [0.5, 0.6) is 0 Å². The minimum absolute atomic E-state index is 0.0585. The molecule has 1 nitrogen and oxygen atoms in total. The Morgan fingerprint density at radius 3 is 1.90 bits per heavy atom. The summed E-state index contributed by atoms with van der Waals surface area (Å²) in [6.07, 6.45) is 3.63. The predicted molar refractivity (Wildman–Crippen MR) is 129 cm³/mol. The number of rotatable bonds is 7. The Morgan fingerprint density at radius 1 is 0.897 bits per heavy atom. The number of benzene rings is 2. The van der Waals surface area contributed by atoms with Gasteiger partial charge < -0.3 is 0 Å². The van der Waals surface area contributed by atoms with E-state index < -0.39 is 0 Å². The molecule has 2 heteroatoms. The average Bonchev–Trinajstić information content (AvgIpc) is 2.90. The number of fused-ring (bicyclic) bond motifs is 3. The minimum atomic E-state index is -0.115.